The van der Waals surface area contributed by atoms with Crippen LogP contribution in [0.5, 0.6) is 0 Å². The molecular weight excluding hydrogens is 342 g/mol. The van der Waals surface area contributed by atoms with E-state index >= 15 is 0 Å². The van der Waals surface area contributed by atoms with E-state index in [1.807, 2.05) is 39.0 Å². The smallest absolute Gasteiger partial charge is 0.410 e. The number of carbonyl (C=O) groups excluding carboxylic acids is 1. The fraction of sp³-hybridized carbons (Fsp3) is 0.533. The van der Waals surface area contributed by atoms with Crippen molar-refractivity contribution in [3.05, 3.63) is 33.3 Å². The Labute approximate surface area is 133 Å². The predicted molar refractivity (Wildman–Crippen MR) is 84.0 cm³/mol. The summed E-state index contributed by atoms with van der Waals surface area (Å²) in [6.45, 7) is 6.12. The number of benzene rings is 1. The highest BCUT2D eigenvalue weighted by Gasteiger charge is 2.35. The quantitative estimate of drug-likeness (QED) is 0.759. The lowest BCUT2D eigenvalue weighted by Crippen LogP contribution is -2.37. The zero-order valence-electron chi connectivity index (χ0n) is 12.0. The summed E-state index contributed by atoms with van der Waals surface area (Å²) in [6, 6.07) is 6.03. The van der Waals surface area contributed by atoms with Gasteiger partial charge < -0.3 is 9.64 Å². The largest absolute Gasteiger partial charge is 0.444 e. The molecule has 0 aromatic heterocycles. The van der Waals surface area contributed by atoms with Gasteiger partial charge in [-0.3, -0.25) is 0 Å². The summed E-state index contributed by atoms with van der Waals surface area (Å²) in [5.74, 6) is 0. The molecule has 1 aliphatic rings. The van der Waals surface area contributed by atoms with Gasteiger partial charge >= 0.3 is 6.09 Å². The fourth-order valence-electron chi connectivity index (χ4n) is 1.90. The minimum absolute atomic E-state index is 0.268. The Kier molecular flexibility index (Phi) is 4.65. The normalized spacial score (nSPS) is 15.1. The number of carbonyl (C=O) groups is 1. The minimum atomic E-state index is -0.481. The Morgan fingerprint density at radius 3 is 2.65 bits per heavy atom. The van der Waals surface area contributed by atoms with Crippen LogP contribution in [0.1, 0.15) is 39.2 Å². The van der Waals surface area contributed by atoms with Gasteiger partial charge in [0.05, 0.1) is 11.6 Å². The number of hydrogen-bond acceptors (Lipinski definition) is 2. The van der Waals surface area contributed by atoms with Crippen molar-refractivity contribution in [3.8, 4) is 0 Å². The van der Waals surface area contributed by atoms with Gasteiger partial charge in [-0.05, 0) is 61.2 Å². The Balaban J connectivity index is 2.14. The zero-order valence-corrected chi connectivity index (χ0v) is 14.3. The minimum Gasteiger partial charge on any atom is -0.444 e. The van der Waals surface area contributed by atoms with Gasteiger partial charge in [0, 0.05) is 10.5 Å². The predicted octanol–water partition coefficient (Wildman–Crippen LogP) is 5.00. The van der Waals surface area contributed by atoms with Gasteiger partial charge in [0.25, 0.3) is 0 Å². The molecule has 0 radical (unpaired) electrons. The van der Waals surface area contributed by atoms with Crippen LogP contribution in [0, 0.1) is 0 Å². The molecule has 0 spiro atoms. The first-order valence-corrected chi connectivity index (χ1v) is 7.87. The van der Waals surface area contributed by atoms with Crippen LogP contribution in [0.4, 0.5) is 4.79 Å². The van der Waals surface area contributed by atoms with Gasteiger partial charge in [0.15, 0.2) is 0 Å². The van der Waals surface area contributed by atoms with Crippen molar-refractivity contribution in [1.29, 1.82) is 0 Å². The maximum atomic E-state index is 12.3. The first-order valence-electron chi connectivity index (χ1n) is 6.70. The standard InChI is InChI=1S/C15H19BrClNO2/c1-15(2,3)20-14(19)18(11-7-8-11)9-10-5-4-6-12(16)13(10)17/h4-6,11H,7-9H2,1-3H3. The molecule has 1 saturated carbocycles. The third-order valence-electron chi connectivity index (χ3n) is 2.99. The van der Waals surface area contributed by atoms with Crippen molar-refractivity contribution in [3.63, 3.8) is 0 Å². The molecule has 110 valence electrons. The summed E-state index contributed by atoms with van der Waals surface area (Å²) < 4.78 is 6.32. The highest BCUT2D eigenvalue weighted by atomic mass is 79.9. The summed E-state index contributed by atoms with van der Waals surface area (Å²) >= 11 is 9.68. The van der Waals surface area contributed by atoms with Crippen LogP contribution in [0.25, 0.3) is 0 Å². The number of amides is 1. The first-order chi connectivity index (χ1) is 9.28. The van der Waals surface area contributed by atoms with E-state index in [-0.39, 0.29) is 12.1 Å². The highest BCUT2D eigenvalue weighted by Crippen LogP contribution is 2.33. The first kappa shape index (κ1) is 15.6. The van der Waals surface area contributed by atoms with Gasteiger partial charge in [0.1, 0.15) is 5.60 Å². The summed E-state index contributed by atoms with van der Waals surface area (Å²) in [5, 5.41) is 0.654. The van der Waals surface area contributed by atoms with Crippen LogP contribution in [-0.2, 0) is 11.3 Å². The molecular formula is C15H19BrClNO2. The maximum Gasteiger partial charge on any atom is 0.410 e. The molecule has 2 rings (SSSR count). The third kappa shape index (κ3) is 4.13. The lowest BCUT2D eigenvalue weighted by atomic mass is 10.2. The Hall–Kier alpha value is -0.740. The highest BCUT2D eigenvalue weighted by molar-refractivity contribution is 9.10. The second kappa shape index (κ2) is 5.94. The third-order valence-corrected chi connectivity index (χ3v) is 4.32. The average molecular weight is 361 g/mol. The van der Waals surface area contributed by atoms with E-state index in [0.29, 0.717) is 11.6 Å². The number of rotatable bonds is 3. The van der Waals surface area contributed by atoms with E-state index < -0.39 is 5.60 Å². The molecule has 0 unspecified atom stereocenters. The number of nitrogens with zero attached hydrogens (tertiary/aromatic N) is 1. The SMILES string of the molecule is CC(C)(C)OC(=O)N(Cc1cccc(Br)c1Cl)C1CC1. The molecule has 0 bridgehead atoms. The van der Waals surface area contributed by atoms with E-state index in [2.05, 4.69) is 15.9 Å². The van der Waals surface area contributed by atoms with Crippen LogP contribution in [-0.4, -0.2) is 22.6 Å². The number of hydrogen-bond donors (Lipinski definition) is 0. The molecule has 0 N–H and O–H groups in total. The molecule has 0 saturated heterocycles. The molecule has 3 nitrogen and oxygen atoms in total. The van der Waals surface area contributed by atoms with Crippen LogP contribution >= 0.6 is 27.5 Å². The van der Waals surface area contributed by atoms with Gasteiger partial charge in [-0.1, -0.05) is 23.7 Å². The lowest BCUT2D eigenvalue weighted by Gasteiger charge is -2.27. The molecule has 0 atom stereocenters. The van der Waals surface area contributed by atoms with Crippen LogP contribution in [0.15, 0.2) is 22.7 Å². The fourth-order valence-corrected chi connectivity index (χ4v) is 2.50. The van der Waals surface area contributed by atoms with Crippen LogP contribution < -0.4 is 0 Å². The van der Waals surface area contributed by atoms with Crippen LogP contribution in [0.3, 0.4) is 0 Å². The number of ether oxygens (including phenoxy) is 1. The topological polar surface area (TPSA) is 29.5 Å². The lowest BCUT2D eigenvalue weighted by molar-refractivity contribution is 0.0217. The average Bonchev–Trinajstić information content (AvgIpc) is 3.12. The summed E-state index contributed by atoms with van der Waals surface area (Å²) in [5.41, 5.74) is 0.449. The molecule has 0 aliphatic heterocycles. The second-order valence-electron chi connectivity index (χ2n) is 6.05. The van der Waals surface area contributed by atoms with E-state index in [1.165, 1.54) is 0 Å². The Morgan fingerprint density at radius 1 is 1.45 bits per heavy atom. The van der Waals surface area contributed by atoms with E-state index in [4.69, 9.17) is 16.3 Å². The van der Waals surface area contributed by atoms with Crippen molar-refractivity contribution in [2.75, 3.05) is 0 Å². The van der Waals surface area contributed by atoms with Gasteiger partial charge in [-0.25, -0.2) is 4.79 Å². The Morgan fingerprint density at radius 2 is 2.10 bits per heavy atom. The molecule has 1 aliphatic carbocycles. The molecule has 1 aromatic carbocycles. The van der Waals surface area contributed by atoms with E-state index in [1.54, 1.807) is 4.90 Å². The molecule has 5 heteroatoms. The molecule has 0 heterocycles. The summed E-state index contributed by atoms with van der Waals surface area (Å²) in [7, 11) is 0. The maximum absolute atomic E-state index is 12.3. The van der Waals surface area contributed by atoms with Gasteiger partial charge in [-0.2, -0.15) is 0 Å². The van der Waals surface area contributed by atoms with E-state index in [9.17, 15) is 4.79 Å². The monoisotopic (exact) mass is 359 g/mol. The molecule has 1 aromatic rings. The summed E-state index contributed by atoms with van der Waals surface area (Å²) in [4.78, 5) is 14.1. The van der Waals surface area contributed by atoms with Crippen molar-refractivity contribution in [2.45, 2.75) is 51.8 Å². The molecule has 1 fully saturated rings. The van der Waals surface area contributed by atoms with E-state index in [0.717, 1.165) is 22.9 Å². The van der Waals surface area contributed by atoms with Crippen molar-refractivity contribution in [1.82, 2.24) is 4.90 Å². The van der Waals surface area contributed by atoms with Gasteiger partial charge in [-0.15, -0.1) is 0 Å². The summed E-state index contributed by atoms with van der Waals surface area (Å²) in [6.07, 6.45) is 1.80. The molecule has 20 heavy (non-hydrogen) atoms. The second-order valence-corrected chi connectivity index (χ2v) is 7.28. The molecule has 1 amide bonds. The van der Waals surface area contributed by atoms with Crippen molar-refractivity contribution < 1.29 is 9.53 Å². The zero-order chi connectivity index (χ0) is 14.9. The number of halogens is 2. The van der Waals surface area contributed by atoms with Crippen molar-refractivity contribution in [2.24, 2.45) is 0 Å². The Bertz CT molecular complexity index is 509. The van der Waals surface area contributed by atoms with Crippen molar-refractivity contribution >= 4 is 33.6 Å². The van der Waals surface area contributed by atoms with Crippen LogP contribution in [0.2, 0.25) is 5.02 Å². The van der Waals surface area contributed by atoms with Gasteiger partial charge in [0.2, 0.25) is 0 Å².